The maximum Gasteiger partial charge on any atom is 0.410 e. The van der Waals surface area contributed by atoms with E-state index in [2.05, 4.69) is 5.32 Å². The Labute approximate surface area is 90.4 Å². The number of ether oxygens (including phenoxy) is 1. The number of carbonyl (C=O) groups excluding carboxylic acids is 1. The monoisotopic (exact) mass is 216 g/mol. The number of carbonyl (C=O) groups is 1. The summed E-state index contributed by atoms with van der Waals surface area (Å²) in [5.41, 5.74) is -0.486. The van der Waals surface area contributed by atoms with Gasteiger partial charge in [0.15, 0.2) is 0 Å². The van der Waals surface area contributed by atoms with Crippen LogP contribution in [0.1, 0.15) is 20.8 Å². The molecule has 2 atom stereocenters. The number of nitrogens with one attached hydrogen (secondary N) is 1. The molecule has 5 nitrogen and oxygen atoms in total. The van der Waals surface area contributed by atoms with E-state index in [4.69, 9.17) is 4.74 Å². The van der Waals surface area contributed by atoms with Gasteiger partial charge in [-0.2, -0.15) is 0 Å². The highest BCUT2D eigenvalue weighted by Gasteiger charge is 2.35. The maximum atomic E-state index is 11.6. The van der Waals surface area contributed by atoms with E-state index in [1.54, 1.807) is 7.05 Å². The number of aliphatic hydroxyl groups is 1. The molecule has 1 saturated heterocycles. The second kappa shape index (κ2) is 4.37. The molecule has 88 valence electrons. The topological polar surface area (TPSA) is 61.8 Å². The molecular formula is C10H20N2O3. The molecule has 0 bridgehead atoms. The second-order valence-electron chi connectivity index (χ2n) is 4.85. The third-order valence-electron chi connectivity index (χ3n) is 2.31. The molecule has 2 N–H and O–H groups in total. The lowest BCUT2D eigenvalue weighted by Gasteiger charge is -2.24. The van der Waals surface area contributed by atoms with Gasteiger partial charge in [-0.25, -0.2) is 4.79 Å². The van der Waals surface area contributed by atoms with Gasteiger partial charge in [0, 0.05) is 6.54 Å². The van der Waals surface area contributed by atoms with E-state index in [0.29, 0.717) is 13.1 Å². The molecule has 1 unspecified atom stereocenters. The summed E-state index contributed by atoms with van der Waals surface area (Å²) in [6.45, 7) is 6.31. The van der Waals surface area contributed by atoms with Gasteiger partial charge in [0.05, 0.1) is 18.7 Å². The Kier molecular flexibility index (Phi) is 3.57. The van der Waals surface area contributed by atoms with E-state index < -0.39 is 11.7 Å². The minimum absolute atomic E-state index is 0.0579. The fourth-order valence-electron chi connectivity index (χ4n) is 1.55. The number of hydrogen-bond donors (Lipinski definition) is 2. The van der Waals surface area contributed by atoms with Gasteiger partial charge in [-0.3, -0.25) is 0 Å². The van der Waals surface area contributed by atoms with Gasteiger partial charge in [-0.15, -0.1) is 0 Å². The standard InChI is InChI=1S/C10H20N2O3/c1-10(2,3)15-9(14)12-5-7(11-4)8(13)6-12/h7-8,11,13H,5-6H2,1-4H3/t7?,8-/m0/s1. The molecule has 0 aromatic heterocycles. The van der Waals surface area contributed by atoms with Crippen molar-refractivity contribution < 1.29 is 14.6 Å². The molecule has 15 heavy (non-hydrogen) atoms. The molecule has 0 saturated carbocycles. The minimum Gasteiger partial charge on any atom is -0.444 e. The quantitative estimate of drug-likeness (QED) is 0.656. The lowest BCUT2D eigenvalue weighted by atomic mass is 10.2. The van der Waals surface area contributed by atoms with E-state index >= 15 is 0 Å². The van der Waals surface area contributed by atoms with Crippen molar-refractivity contribution in [1.82, 2.24) is 10.2 Å². The molecule has 0 aromatic rings. The number of hydrogen-bond acceptors (Lipinski definition) is 4. The lowest BCUT2D eigenvalue weighted by Crippen LogP contribution is -2.38. The zero-order chi connectivity index (χ0) is 11.6. The van der Waals surface area contributed by atoms with E-state index in [9.17, 15) is 9.90 Å². The summed E-state index contributed by atoms with van der Waals surface area (Å²) >= 11 is 0. The maximum absolute atomic E-state index is 11.6. The normalized spacial score (nSPS) is 26.9. The van der Waals surface area contributed by atoms with Crippen molar-refractivity contribution in [2.75, 3.05) is 20.1 Å². The fraction of sp³-hybridized carbons (Fsp3) is 0.900. The predicted octanol–water partition coefficient (Wildman–Crippen LogP) is 0.186. The molecule has 1 rings (SSSR count). The summed E-state index contributed by atoms with van der Waals surface area (Å²) < 4.78 is 5.21. The zero-order valence-electron chi connectivity index (χ0n) is 9.78. The molecule has 5 heteroatoms. The summed E-state index contributed by atoms with van der Waals surface area (Å²) in [6.07, 6.45) is -0.873. The first-order chi connectivity index (χ1) is 6.83. The van der Waals surface area contributed by atoms with Gasteiger partial charge in [0.1, 0.15) is 5.60 Å². The number of nitrogens with zero attached hydrogens (tertiary/aromatic N) is 1. The van der Waals surface area contributed by atoms with E-state index in [1.165, 1.54) is 4.90 Å². The van der Waals surface area contributed by atoms with Gasteiger partial charge in [-0.05, 0) is 27.8 Å². The minimum atomic E-state index is -0.512. The van der Waals surface area contributed by atoms with Crippen LogP contribution in [0.25, 0.3) is 0 Å². The van der Waals surface area contributed by atoms with Crippen LogP contribution in [0, 0.1) is 0 Å². The number of aliphatic hydroxyl groups excluding tert-OH is 1. The fourth-order valence-corrected chi connectivity index (χ4v) is 1.55. The van der Waals surface area contributed by atoms with Gasteiger partial charge in [0.25, 0.3) is 0 Å². The highest BCUT2D eigenvalue weighted by molar-refractivity contribution is 5.68. The van der Waals surface area contributed by atoms with Crippen LogP contribution in [0.15, 0.2) is 0 Å². The molecule has 0 aliphatic carbocycles. The first-order valence-corrected chi connectivity index (χ1v) is 5.17. The van der Waals surface area contributed by atoms with Crippen LogP contribution in [-0.4, -0.2) is 54.0 Å². The zero-order valence-corrected chi connectivity index (χ0v) is 9.78. The first-order valence-electron chi connectivity index (χ1n) is 5.17. The molecule has 1 aliphatic rings. The predicted molar refractivity (Wildman–Crippen MR) is 56.7 cm³/mol. The van der Waals surface area contributed by atoms with E-state index in [-0.39, 0.29) is 12.1 Å². The largest absolute Gasteiger partial charge is 0.444 e. The molecule has 1 fully saturated rings. The number of rotatable bonds is 1. The SMILES string of the molecule is CNC1CN(C(=O)OC(C)(C)C)C[C@@H]1O. The van der Waals surface area contributed by atoms with Gasteiger partial charge >= 0.3 is 6.09 Å². The van der Waals surface area contributed by atoms with Crippen molar-refractivity contribution in [3.8, 4) is 0 Å². The van der Waals surface area contributed by atoms with Crippen molar-refractivity contribution in [2.45, 2.75) is 38.5 Å². The highest BCUT2D eigenvalue weighted by atomic mass is 16.6. The van der Waals surface area contributed by atoms with E-state index in [0.717, 1.165) is 0 Å². The molecular weight excluding hydrogens is 196 g/mol. The Balaban J connectivity index is 2.50. The molecule has 0 radical (unpaired) electrons. The molecule has 0 spiro atoms. The van der Waals surface area contributed by atoms with Crippen LogP contribution in [0.2, 0.25) is 0 Å². The Morgan fingerprint density at radius 3 is 2.47 bits per heavy atom. The van der Waals surface area contributed by atoms with Crippen molar-refractivity contribution in [1.29, 1.82) is 0 Å². The van der Waals surface area contributed by atoms with Crippen LogP contribution in [0.5, 0.6) is 0 Å². The number of likely N-dealkylation sites (N-methyl/N-ethyl adjacent to an activating group) is 1. The van der Waals surface area contributed by atoms with Crippen LogP contribution in [-0.2, 0) is 4.74 Å². The third kappa shape index (κ3) is 3.35. The first kappa shape index (κ1) is 12.3. The Morgan fingerprint density at radius 2 is 2.07 bits per heavy atom. The smallest absolute Gasteiger partial charge is 0.410 e. The second-order valence-corrected chi connectivity index (χ2v) is 4.85. The Bertz CT molecular complexity index is 237. The summed E-state index contributed by atoms with van der Waals surface area (Å²) in [5, 5.41) is 12.6. The number of likely N-dealkylation sites (tertiary alicyclic amines) is 1. The average molecular weight is 216 g/mol. The average Bonchev–Trinajstić information content (AvgIpc) is 2.43. The van der Waals surface area contributed by atoms with Gasteiger partial charge < -0.3 is 20.1 Å². The van der Waals surface area contributed by atoms with E-state index in [1.807, 2.05) is 20.8 Å². The molecule has 0 aromatic carbocycles. The van der Waals surface area contributed by atoms with Crippen molar-refractivity contribution in [3.63, 3.8) is 0 Å². The third-order valence-corrected chi connectivity index (χ3v) is 2.31. The number of amides is 1. The summed E-state index contributed by atoms with van der Waals surface area (Å²) in [6, 6.07) is -0.0579. The summed E-state index contributed by atoms with van der Waals surface area (Å²) in [4.78, 5) is 13.2. The van der Waals surface area contributed by atoms with Gasteiger partial charge in [0.2, 0.25) is 0 Å². The van der Waals surface area contributed by atoms with Gasteiger partial charge in [-0.1, -0.05) is 0 Å². The van der Waals surface area contributed by atoms with Crippen LogP contribution in [0.3, 0.4) is 0 Å². The Morgan fingerprint density at radius 1 is 1.47 bits per heavy atom. The molecule has 1 aliphatic heterocycles. The molecule has 1 heterocycles. The van der Waals surface area contributed by atoms with Crippen molar-refractivity contribution in [2.24, 2.45) is 0 Å². The summed E-state index contributed by atoms with van der Waals surface area (Å²) in [7, 11) is 1.77. The van der Waals surface area contributed by atoms with Crippen LogP contribution < -0.4 is 5.32 Å². The van der Waals surface area contributed by atoms with Crippen molar-refractivity contribution >= 4 is 6.09 Å². The summed E-state index contributed by atoms with van der Waals surface area (Å²) in [5.74, 6) is 0. The Hall–Kier alpha value is -0.810. The number of β-amino-alcohol motifs (C(OH)–C–C–N with tert-alkyl or cyclic N) is 1. The highest BCUT2D eigenvalue weighted by Crippen LogP contribution is 2.15. The molecule has 1 amide bonds. The van der Waals surface area contributed by atoms with Crippen LogP contribution in [0.4, 0.5) is 4.79 Å². The lowest BCUT2D eigenvalue weighted by molar-refractivity contribution is 0.0270. The van der Waals surface area contributed by atoms with Crippen molar-refractivity contribution in [3.05, 3.63) is 0 Å². The van der Waals surface area contributed by atoms with Crippen LogP contribution >= 0.6 is 0 Å².